The zero-order valence-electron chi connectivity index (χ0n) is 12.3. The quantitative estimate of drug-likeness (QED) is 0.904. The highest BCUT2D eigenvalue weighted by molar-refractivity contribution is 6.04. The Kier molecular flexibility index (Phi) is 4.52. The van der Waals surface area contributed by atoms with E-state index in [9.17, 15) is 9.18 Å². The molecule has 0 aliphatic rings. The van der Waals surface area contributed by atoms with E-state index in [1.165, 1.54) is 6.07 Å². The number of hydrogen-bond donors (Lipinski definition) is 2. The Balaban J connectivity index is 2.23. The van der Waals surface area contributed by atoms with Crippen molar-refractivity contribution in [2.24, 2.45) is 0 Å². The number of pyridine rings is 1. The Morgan fingerprint density at radius 2 is 2.00 bits per heavy atom. The van der Waals surface area contributed by atoms with Crippen LogP contribution in [0.15, 0.2) is 30.3 Å². The van der Waals surface area contributed by atoms with Crippen LogP contribution in [-0.2, 0) is 0 Å². The fraction of sp³-hybridized carbons (Fsp3) is 0.250. The molecule has 5 heteroatoms. The smallest absolute Gasteiger partial charge is 0.255 e. The van der Waals surface area contributed by atoms with Gasteiger partial charge >= 0.3 is 0 Å². The zero-order chi connectivity index (χ0) is 15.4. The summed E-state index contributed by atoms with van der Waals surface area (Å²) in [5, 5.41) is 5.64. The molecule has 110 valence electrons. The molecule has 1 amide bonds. The fourth-order valence-corrected chi connectivity index (χ4v) is 1.99. The van der Waals surface area contributed by atoms with E-state index in [0.29, 0.717) is 17.9 Å². The van der Waals surface area contributed by atoms with Crippen molar-refractivity contribution in [3.8, 4) is 0 Å². The molecule has 2 aromatic rings. The van der Waals surface area contributed by atoms with Gasteiger partial charge in [-0.1, -0.05) is 6.07 Å². The molecule has 4 nitrogen and oxygen atoms in total. The van der Waals surface area contributed by atoms with E-state index in [0.717, 1.165) is 11.3 Å². The topological polar surface area (TPSA) is 54.0 Å². The first-order valence-electron chi connectivity index (χ1n) is 6.79. The van der Waals surface area contributed by atoms with Gasteiger partial charge in [0.25, 0.3) is 5.91 Å². The van der Waals surface area contributed by atoms with Crippen LogP contribution in [0.2, 0.25) is 0 Å². The van der Waals surface area contributed by atoms with E-state index in [-0.39, 0.29) is 11.6 Å². The van der Waals surface area contributed by atoms with E-state index in [2.05, 4.69) is 15.6 Å². The van der Waals surface area contributed by atoms with Crippen molar-refractivity contribution in [1.82, 2.24) is 4.98 Å². The van der Waals surface area contributed by atoms with Crippen LogP contribution in [-0.4, -0.2) is 17.4 Å². The van der Waals surface area contributed by atoms with Crippen molar-refractivity contribution in [2.75, 3.05) is 17.2 Å². The fourth-order valence-electron chi connectivity index (χ4n) is 1.99. The van der Waals surface area contributed by atoms with Gasteiger partial charge in [0, 0.05) is 17.8 Å². The summed E-state index contributed by atoms with van der Waals surface area (Å²) >= 11 is 0. The maximum Gasteiger partial charge on any atom is 0.255 e. The first kappa shape index (κ1) is 15.0. The minimum atomic E-state index is -0.443. The van der Waals surface area contributed by atoms with Crippen molar-refractivity contribution in [3.05, 3.63) is 53.0 Å². The number of nitrogens with one attached hydrogen (secondary N) is 2. The maximum absolute atomic E-state index is 13.8. The lowest BCUT2D eigenvalue weighted by Crippen LogP contribution is -2.14. The average Bonchev–Trinajstić information content (AvgIpc) is 2.41. The minimum absolute atomic E-state index is 0.171. The number of rotatable bonds is 4. The van der Waals surface area contributed by atoms with Crippen LogP contribution < -0.4 is 10.6 Å². The number of aryl methyl sites for hydroxylation is 2. The van der Waals surface area contributed by atoms with Crippen LogP contribution in [0.25, 0.3) is 0 Å². The van der Waals surface area contributed by atoms with E-state index in [4.69, 9.17) is 0 Å². The Morgan fingerprint density at radius 1 is 1.24 bits per heavy atom. The molecule has 2 N–H and O–H groups in total. The third-order valence-electron chi connectivity index (χ3n) is 2.95. The number of carbonyl (C=O) groups is 1. The van der Waals surface area contributed by atoms with Crippen LogP contribution in [0.3, 0.4) is 0 Å². The molecule has 0 spiro atoms. The predicted molar refractivity (Wildman–Crippen MR) is 82.2 cm³/mol. The van der Waals surface area contributed by atoms with E-state index in [1.807, 2.05) is 13.8 Å². The van der Waals surface area contributed by atoms with Gasteiger partial charge in [0.15, 0.2) is 0 Å². The van der Waals surface area contributed by atoms with Gasteiger partial charge in [-0.05, 0) is 50.6 Å². The molecule has 0 aliphatic carbocycles. The van der Waals surface area contributed by atoms with Gasteiger partial charge < -0.3 is 10.6 Å². The summed E-state index contributed by atoms with van der Waals surface area (Å²) in [7, 11) is 0. The van der Waals surface area contributed by atoms with Crippen LogP contribution in [0.1, 0.15) is 28.5 Å². The van der Waals surface area contributed by atoms with Crippen molar-refractivity contribution < 1.29 is 9.18 Å². The zero-order valence-corrected chi connectivity index (χ0v) is 12.3. The van der Waals surface area contributed by atoms with Gasteiger partial charge in [-0.2, -0.15) is 0 Å². The lowest BCUT2D eigenvalue weighted by molar-refractivity contribution is 0.102. The van der Waals surface area contributed by atoms with E-state index in [1.54, 1.807) is 31.2 Å². The van der Waals surface area contributed by atoms with Crippen LogP contribution >= 0.6 is 0 Å². The summed E-state index contributed by atoms with van der Waals surface area (Å²) in [4.78, 5) is 16.5. The molecule has 0 aliphatic heterocycles. The number of nitrogens with zero attached hydrogens (tertiary/aromatic N) is 1. The first-order chi connectivity index (χ1) is 9.99. The molecule has 1 aromatic carbocycles. The molecule has 0 saturated heterocycles. The van der Waals surface area contributed by atoms with Crippen molar-refractivity contribution >= 4 is 17.4 Å². The Bertz CT molecular complexity index is 671. The van der Waals surface area contributed by atoms with Crippen LogP contribution in [0, 0.1) is 19.7 Å². The molecule has 0 unspecified atom stereocenters. The molecular formula is C16H18FN3O. The van der Waals surface area contributed by atoms with Crippen molar-refractivity contribution in [2.45, 2.75) is 20.8 Å². The third-order valence-corrected chi connectivity index (χ3v) is 2.95. The Labute approximate surface area is 123 Å². The summed E-state index contributed by atoms with van der Waals surface area (Å²) in [5.74, 6) is -0.171. The summed E-state index contributed by atoms with van der Waals surface area (Å²) < 4.78 is 13.8. The lowest BCUT2D eigenvalue weighted by Gasteiger charge is -2.09. The second-order valence-electron chi connectivity index (χ2n) is 4.85. The Hall–Kier alpha value is -2.43. The number of hydrogen-bond acceptors (Lipinski definition) is 3. The molecule has 0 saturated carbocycles. The number of amides is 1. The molecule has 1 heterocycles. The van der Waals surface area contributed by atoms with Crippen LogP contribution in [0.5, 0.6) is 0 Å². The molecule has 1 aromatic heterocycles. The van der Waals surface area contributed by atoms with Gasteiger partial charge in [-0.15, -0.1) is 0 Å². The minimum Gasteiger partial charge on any atom is -0.370 e. The highest BCUT2D eigenvalue weighted by atomic mass is 19.1. The largest absolute Gasteiger partial charge is 0.370 e. The number of carbonyl (C=O) groups excluding carboxylic acids is 1. The second-order valence-corrected chi connectivity index (χ2v) is 4.85. The normalized spacial score (nSPS) is 10.3. The predicted octanol–water partition coefficient (Wildman–Crippen LogP) is 3.52. The first-order valence-corrected chi connectivity index (χ1v) is 6.79. The van der Waals surface area contributed by atoms with Gasteiger partial charge in [0.2, 0.25) is 0 Å². The van der Waals surface area contributed by atoms with Crippen molar-refractivity contribution in [1.29, 1.82) is 0 Å². The molecule has 21 heavy (non-hydrogen) atoms. The number of halogens is 1. The molecular weight excluding hydrogens is 269 g/mol. The standard InChI is InChI=1S/C16H18FN3O/c1-4-18-15-9-12(8-11(3)19-15)16(21)20-14-6-5-10(2)7-13(14)17/h5-9H,4H2,1-3H3,(H,18,19)(H,20,21). The summed E-state index contributed by atoms with van der Waals surface area (Å²) in [6, 6.07) is 8.01. The molecule has 0 fully saturated rings. The number of anilines is 2. The monoisotopic (exact) mass is 287 g/mol. The van der Waals surface area contributed by atoms with Gasteiger partial charge in [-0.25, -0.2) is 9.37 Å². The summed E-state index contributed by atoms with van der Waals surface area (Å²) in [6.45, 7) is 6.27. The number of aromatic nitrogens is 1. The number of benzene rings is 1. The van der Waals surface area contributed by atoms with Crippen molar-refractivity contribution in [3.63, 3.8) is 0 Å². The SMILES string of the molecule is CCNc1cc(C(=O)Nc2ccc(C)cc2F)cc(C)n1. The molecule has 0 radical (unpaired) electrons. The highest BCUT2D eigenvalue weighted by Gasteiger charge is 2.11. The summed E-state index contributed by atoms with van der Waals surface area (Å²) in [6.07, 6.45) is 0. The van der Waals surface area contributed by atoms with Gasteiger partial charge in [0.05, 0.1) is 5.69 Å². The van der Waals surface area contributed by atoms with Gasteiger partial charge in [-0.3, -0.25) is 4.79 Å². The summed E-state index contributed by atoms with van der Waals surface area (Å²) in [5.41, 5.74) is 2.14. The van der Waals surface area contributed by atoms with E-state index < -0.39 is 5.82 Å². The third kappa shape index (κ3) is 3.78. The Morgan fingerprint density at radius 3 is 2.67 bits per heavy atom. The van der Waals surface area contributed by atoms with Crippen LogP contribution in [0.4, 0.5) is 15.9 Å². The lowest BCUT2D eigenvalue weighted by atomic mass is 10.2. The average molecular weight is 287 g/mol. The molecule has 0 atom stereocenters. The maximum atomic E-state index is 13.8. The molecule has 0 bridgehead atoms. The van der Waals surface area contributed by atoms with Gasteiger partial charge in [0.1, 0.15) is 11.6 Å². The molecule has 2 rings (SSSR count). The highest BCUT2D eigenvalue weighted by Crippen LogP contribution is 2.17. The second kappa shape index (κ2) is 6.35. The van der Waals surface area contributed by atoms with E-state index >= 15 is 0 Å².